The van der Waals surface area contributed by atoms with Crippen LogP contribution in [0, 0.1) is 6.92 Å². The van der Waals surface area contributed by atoms with E-state index < -0.39 is 0 Å². The molecule has 0 bridgehead atoms. The highest BCUT2D eigenvalue weighted by Gasteiger charge is 2.19. The van der Waals surface area contributed by atoms with Crippen LogP contribution in [0.25, 0.3) is 22.3 Å². The average Bonchev–Trinajstić information content (AvgIpc) is 2.78. The SMILES string of the molecule is COc1ccc(-c2oc3ccccc3c(=O)c2OCC(=O)c2ccc(C)cc2)cc1. The van der Waals surface area contributed by atoms with Crippen molar-refractivity contribution in [2.45, 2.75) is 6.92 Å². The van der Waals surface area contributed by atoms with Crippen molar-refractivity contribution >= 4 is 16.8 Å². The van der Waals surface area contributed by atoms with E-state index >= 15 is 0 Å². The molecular weight excluding hydrogens is 380 g/mol. The molecule has 0 aliphatic heterocycles. The Kier molecular flexibility index (Phi) is 5.35. The van der Waals surface area contributed by atoms with Gasteiger partial charge >= 0.3 is 0 Å². The number of hydrogen-bond donors (Lipinski definition) is 0. The third kappa shape index (κ3) is 3.82. The quantitative estimate of drug-likeness (QED) is 0.424. The third-order valence-electron chi connectivity index (χ3n) is 4.83. The standard InChI is InChI=1S/C25H20O5/c1-16-7-9-17(10-8-16)21(26)15-29-25-23(27)20-5-3-4-6-22(20)30-24(25)18-11-13-19(28-2)14-12-18/h3-14H,15H2,1-2H3. The minimum atomic E-state index is -0.320. The fourth-order valence-electron chi connectivity index (χ4n) is 3.15. The van der Waals surface area contributed by atoms with Gasteiger partial charge < -0.3 is 13.9 Å². The Morgan fingerprint density at radius 2 is 1.63 bits per heavy atom. The van der Waals surface area contributed by atoms with Gasteiger partial charge in [0.15, 0.2) is 18.2 Å². The molecule has 0 amide bonds. The summed E-state index contributed by atoms with van der Waals surface area (Å²) in [6.07, 6.45) is 0. The Bertz CT molecular complexity index is 1250. The zero-order valence-electron chi connectivity index (χ0n) is 16.7. The van der Waals surface area contributed by atoms with Crippen LogP contribution in [0.1, 0.15) is 15.9 Å². The van der Waals surface area contributed by atoms with Gasteiger partial charge in [0.1, 0.15) is 11.3 Å². The number of carbonyl (C=O) groups excluding carboxylic acids is 1. The Balaban J connectivity index is 1.74. The molecule has 4 aromatic rings. The van der Waals surface area contributed by atoms with Crippen molar-refractivity contribution < 1.29 is 18.7 Å². The lowest BCUT2D eigenvalue weighted by Crippen LogP contribution is -2.17. The summed E-state index contributed by atoms with van der Waals surface area (Å²) < 4.78 is 17.0. The fraction of sp³-hybridized carbons (Fsp3) is 0.120. The van der Waals surface area contributed by atoms with Crippen LogP contribution >= 0.6 is 0 Å². The predicted molar refractivity (Wildman–Crippen MR) is 115 cm³/mol. The van der Waals surface area contributed by atoms with Crippen LogP contribution in [0.15, 0.2) is 82.0 Å². The molecule has 0 fully saturated rings. The second-order valence-corrected chi connectivity index (χ2v) is 6.89. The number of methoxy groups -OCH3 is 1. The Labute approximate surface area is 173 Å². The van der Waals surface area contributed by atoms with Gasteiger partial charge in [0.2, 0.25) is 11.2 Å². The number of para-hydroxylation sites is 1. The van der Waals surface area contributed by atoms with E-state index in [-0.39, 0.29) is 29.3 Å². The van der Waals surface area contributed by atoms with E-state index in [0.717, 1.165) is 5.56 Å². The van der Waals surface area contributed by atoms with Gasteiger partial charge in [-0.2, -0.15) is 0 Å². The number of hydrogen-bond acceptors (Lipinski definition) is 5. The molecule has 30 heavy (non-hydrogen) atoms. The highest BCUT2D eigenvalue weighted by Crippen LogP contribution is 2.32. The lowest BCUT2D eigenvalue weighted by atomic mass is 10.1. The van der Waals surface area contributed by atoms with Crippen LogP contribution in [0.4, 0.5) is 0 Å². The summed E-state index contributed by atoms with van der Waals surface area (Å²) in [5, 5.41) is 0.396. The molecule has 0 N–H and O–H groups in total. The first kappa shape index (κ1) is 19.5. The summed E-state index contributed by atoms with van der Waals surface area (Å²) in [6, 6.07) is 21.3. The summed E-state index contributed by atoms with van der Waals surface area (Å²) >= 11 is 0. The molecule has 0 spiro atoms. The van der Waals surface area contributed by atoms with Crippen molar-refractivity contribution in [3.05, 3.63) is 94.1 Å². The van der Waals surface area contributed by atoms with Gasteiger partial charge in [-0.1, -0.05) is 42.0 Å². The molecule has 150 valence electrons. The van der Waals surface area contributed by atoms with Gasteiger partial charge in [0, 0.05) is 11.1 Å². The highest BCUT2D eigenvalue weighted by atomic mass is 16.5. The molecule has 0 aliphatic rings. The van der Waals surface area contributed by atoms with Crippen LogP contribution in [0.5, 0.6) is 11.5 Å². The van der Waals surface area contributed by atoms with E-state index in [2.05, 4.69) is 0 Å². The molecule has 1 aromatic heterocycles. The van der Waals surface area contributed by atoms with E-state index in [0.29, 0.717) is 27.8 Å². The number of ether oxygens (including phenoxy) is 2. The first-order chi connectivity index (χ1) is 14.6. The van der Waals surface area contributed by atoms with E-state index in [9.17, 15) is 9.59 Å². The number of Topliss-reactive ketones (excluding diaryl/α,β-unsaturated/α-hetero) is 1. The lowest BCUT2D eigenvalue weighted by Gasteiger charge is -2.12. The molecule has 0 unspecified atom stereocenters. The predicted octanol–water partition coefficient (Wildman–Crippen LogP) is 5.04. The summed E-state index contributed by atoms with van der Waals surface area (Å²) in [5.74, 6) is 0.750. The van der Waals surface area contributed by atoms with Gasteiger partial charge in [-0.3, -0.25) is 9.59 Å². The van der Waals surface area contributed by atoms with Crippen LogP contribution in [-0.2, 0) is 0 Å². The van der Waals surface area contributed by atoms with E-state index in [1.54, 1.807) is 67.8 Å². The average molecular weight is 400 g/mol. The van der Waals surface area contributed by atoms with Gasteiger partial charge in [-0.25, -0.2) is 0 Å². The van der Waals surface area contributed by atoms with Gasteiger partial charge in [0.25, 0.3) is 0 Å². The highest BCUT2D eigenvalue weighted by molar-refractivity contribution is 5.97. The maximum atomic E-state index is 13.1. The van der Waals surface area contributed by atoms with Crippen LogP contribution in [0.3, 0.4) is 0 Å². The summed E-state index contributed by atoms with van der Waals surface area (Å²) in [7, 11) is 1.58. The first-order valence-electron chi connectivity index (χ1n) is 9.50. The second-order valence-electron chi connectivity index (χ2n) is 6.89. The topological polar surface area (TPSA) is 65.7 Å². The minimum absolute atomic E-state index is 0.0133. The number of carbonyl (C=O) groups is 1. The maximum absolute atomic E-state index is 13.1. The van der Waals surface area contributed by atoms with Crippen molar-refractivity contribution in [3.8, 4) is 22.8 Å². The molecule has 0 radical (unpaired) electrons. The largest absolute Gasteiger partial charge is 0.497 e. The van der Waals surface area contributed by atoms with Gasteiger partial charge in [0.05, 0.1) is 12.5 Å². The molecule has 0 atom stereocenters. The summed E-state index contributed by atoms with van der Waals surface area (Å²) in [4.78, 5) is 25.7. The minimum Gasteiger partial charge on any atom is -0.497 e. The molecule has 0 aliphatic carbocycles. The van der Waals surface area contributed by atoms with Crippen molar-refractivity contribution in [1.29, 1.82) is 0 Å². The van der Waals surface area contributed by atoms with Crippen molar-refractivity contribution in [2.24, 2.45) is 0 Å². The van der Waals surface area contributed by atoms with E-state index in [4.69, 9.17) is 13.9 Å². The number of benzene rings is 3. The molecule has 3 aromatic carbocycles. The van der Waals surface area contributed by atoms with Crippen LogP contribution in [-0.4, -0.2) is 19.5 Å². The van der Waals surface area contributed by atoms with Crippen LogP contribution < -0.4 is 14.9 Å². The lowest BCUT2D eigenvalue weighted by molar-refractivity contribution is 0.0920. The van der Waals surface area contributed by atoms with Gasteiger partial charge in [-0.15, -0.1) is 0 Å². The molecule has 5 heteroatoms. The van der Waals surface area contributed by atoms with E-state index in [1.165, 1.54) is 0 Å². The summed E-state index contributed by atoms with van der Waals surface area (Å²) in [5.41, 5.74) is 2.36. The van der Waals surface area contributed by atoms with Crippen LogP contribution in [0.2, 0.25) is 0 Å². The zero-order valence-corrected chi connectivity index (χ0v) is 16.7. The van der Waals surface area contributed by atoms with E-state index in [1.807, 2.05) is 19.1 Å². The maximum Gasteiger partial charge on any atom is 0.235 e. The molecular formula is C25H20O5. The van der Waals surface area contributed by atoms with Crippen molar-refractivity contribution in [1.82, 2.24) is 0 Å². The molecule has 5 nitrogen and oxygen atoms in total. The van der Waals surface area contributed by atoms with Crippen molar-refractivity contribution in [3.63, 3.8) is 0 Å². The second kappa shape index (κ2) is 8.25. The molecule has 0 saturated heterocycles. The first-order valence-corrected chi connectivity index (χ1v) is 9.50. The Hall–Kier alpha value is -3.86. The smallest absolute Gasteiger partial charge is 0.235 e. The number of rotatable bonds is 6. The summed E-state index contributed by atoms with van der Waals surface area (Å²) in [6.45, 7) is 1.68. The number of aryl methyl sites for hydroxylation is 1. The monoisotopic (exact) mass is 400 g/mol. The Morgan fingerprint density at radius 3 is 2.33 bits per heavy atom. The fourth-order valence-corrected chi connectivity index (χ4v) is 3.15. The molecule has 4 rings (SSSR count). The normalized spacial score (nSPS) is 10.7. The molecule has 0 saturated carbocycles. The number of ketones is 1. The van der Waals surface area contributed by atoms with Gasteiger partial charge in [-0.05, 0) is 43.3 Å². The third-order valence-corrected chi connectivity index (χ3v) is 4.83. The molecule has 1 heterocycles. The van der Waals surface area contributed by atoms with Crippen molar-refractivity contribution in [2.75, 3.05) is 13.7 Å². The zero-order chi connectivity index (χ0) is 21.1. The number of fused-ring (bicyclic) bond motifs is 1. The Morgan fingerprint density at radius 1 is 0.933 bits per heavy atom.